The van der Waals surface area contributed by atoms with Crippen LogP contribution in [-0.2, 0) is 13.0 Å². The topological polar surface area (TPSA) is 115 Å². The minimum Gasteiger partial charge on any atom is -0.472 e. The van der Waals surface area contributed by atoms with Gasteiger partial charge in [-0.1, -0.05) is 48.0 Å². The van der Waals surface area contributed by atoms with Gasteiger partial charge >= 0.3 is 0 Å². The maximum Gasteiger partial charge on any atom is 0.236 e. The van der Waals surface area contributed by atoms with Crippen molar-refractivity contribution in [1.29, 1.82) is 5.26 Å². The van der Waals surface area contributed by atoms with E-state index in [1.54, 1.807) is 29.7 Å². The van der Waals surface area contributed by atoms with Gasteiger partial charge in [-0.3, -0.25) is 14.6 Å². The van der Waals surface area contributed by atoms with Gasteiger partial charge in [0.15, 0.2) is 6.29 Å². The number of carbonyl (C=O) groups is 2. The van der Waals surface area contributed by atoms with Crippen molar-refractivity contribution in [2.24, 2.45) is 0 Å². The summed E-state index contributed by atoms with van der Waals surface area (Å²) in [6, 6.07) is 23.2. The number of aromatic nitrogens is 3. The first-order chi connectivity index (χ1) is 22.9. The molecule has 0 fully saturated rings. The zero-order chi connectivity index (χ0) is 32.5. The van der Waals surface area contributed by atoms with Gasteiger partial charge in [0.1, 0.15) is 35.1 Å². The molecule has 3 aromatic heterocycles. The van der Waals surface area contributed by atoms with Crippen LogP contribution in [0.25, 0.3) is 31.9 Å². The molecule has 3 aromatic carbocycles. The van der Waals surface area contributed by atoms with Crippen molar-refractivity contribution in [2.75, 3.05) is 0 Å². The quantitative estimate of drug-likeness (QED) is 0.142. The van der Waals surface area contributed by atoms with Crippen LogP contribution in [0, 0.1) is 18.3 Å². The molecule has 230 valence electrons. The molecule has 0 bridgehead atoms. The van der Waals surface area contributed by atoms with Crippen molar-refractivity contribution in [1.82, 2.24) is 15.0 Å². The van der Waals surface area contributed by atoms with E-state index in [9.17, 15) is 9.59 Å². The fraction of sp³-hybridized carbons (Fsp3) is 0.135. The Morgan fingerprint density at radius 1 is 0.979 bits per heavy atom. The Bertz CT molecular complexity index is 2240. The SMILES string of the molecule is Cc1c(-c2nc3ccc(C=O)cc3s2)cccc1-c1cccc2c1CCC2Oc1nc(OCc2cncc(C#N)c2)c(C=O)cc1Cl. The monoisotopic (exact) mass is 656 g/mol. The normalized spacial score (nSPS) is 13.6. The number of thiazole rings is 1. The number of halogens is 1. The number of aldehydes is 2. The molecular formula is C37H25ClN4O4S. The first-order valence-electron chi connectivity index (χ1n) is 14.8. The highest BCUT2D eigenvalue weighted by Gasteiger charge is 2.29. The van der Waals surface area contributed by atoms with E-state index in [1.807, 2.05) is 24.3 Å². The summed E-state index contributed by atoms with van der Waals surface area (Å²) in [5, 5.41) is 10.3. The van der Waals surface area contributed by atoms with E-state index < -0.39 is 0 Å². The lowest BCUT2D eigenvalue weighted by atomic mass is 9.91. The van der Waals surface area contributed by atoms with Crippen molar-refractivity contribution >= 4 is 45.7 Å². The van der Waals surface area contributed by atoms with Gasteiger partial charge in [0.05, 0.1) is 21.3 Å². The van der Waals surface area contributed by atoms with Crippen LogP contribution in [0.5, 0.6) is 11.8 Å². The van der Waals surface area contributed by atoms with Gasteiger partial charge in [0.25, 0.3) is 0 Å². The van der Waals surface area contributed by atoms with Crippen LogP contribution >= 0.6 is 22.9 Å². The number of fused-ring (bicyclic) bond motifs is 2. The molecular weight excluding hydrogens is 632 g/mol. The van der Waals surface area contributed by atoms with Crippen LogP contribution < -0.4 is 9.47 Å². The van der Waals surface area contributed by atoms with E-state index >= 15 is 0 Å². The van der Waals surface area contributed by atoms with Crippen molar-refractivity contribution in [3.63, 3.8) is 0 Å². The van der Waals surface area contributed by atoms with Crippen molar-refractivity contribution in [3.05, 3.63) is 123 Å². The Labute approximate surface area is 279 Å². The molecule has 0 spiro atoms. The van der Waals surface area contributed by atoms with Crippen LogP contribution in [0.1, 0.15) is 61.1 Å². The van der Waals surface area contributed by atoms with E-state index in [4.69, 9.17) is 31.3 Å². The summed E-state index contributed by atoms with van der Waals surface area (Å²) >= 11 is 8.12. The fourth-order valence-electron chi connectivity index (χ4n) is 5.95. The van der Waals surface area contributed by atoms with Crippen LogP contribution in [0.2, 0.25) is 5.02 Å². The average Bonchev–Trinajstić information content (AvgIpc) is 3.72. The molecule has 7 rings (SSSR count). The number of pyridine rings is 2. The van der Waals surface area contributed by atoms with Gasteiger partial charge in [-0.2, -0.15) is 10.2 Å². The van der Waals surface area contributed by atoms with Crippen molar-refractivity contribution < 1.29 is 19.1 Å². The maximum absolute atomic E-state index is 11.8. The van der Waals surface area contributed by atoms with Crippen LogP contribution in [0.15, 0.2) is 79.1 Å². The second kappa shape index (κ2) is 12.8. The predicted octanol–water partition coefficient (Wildman–Crippen LogP) is 8.52. The second-order valence-electron chi connectivity index (χ2n) is 11.1. The summed E-state index contributed by atoms with van der Waals surface area (Å²) < 4.78 is 13.2. The third kappa shape index (κ3) is 5.85. The minimum atomic E-state index is -0.304. The molecule has 1 unspecified atom stereocenters. The zero-order valence-corrected chi connectivity index (χ0v) is 26.6. The number of nitriles is 1. The maximum atomic E-state index is 11.8. The number of hydrogen-bond donors (Lipinski definition) is 0. The summed E-state index contributed by atoms with van der Waals surface area (Å²) in [6.45, 7) is 2.17. The van der Waals surface area contributed by atoms with Gasteiger partial charge in [0, 0.05) is 29.1 Å². The van der Waals surface area contributed by atoms with Gasteiger partial charge < -0.3 is 9.47 Å². The van der Waals surface area contributed by atoms with Crippen molar-refractivity contribution in [2.45, 2.75) is 32.5 Å². The van der Waals surface area contributed by atoms with Crippen LogP contribution in [0.4, 0.5) is 0 Å². The Kier molecular flexibility index (Phi) is 8.21. The Balaban J connectivity index is 1.17. The summed E-state index contributed by atoms with van der Waals surface area (Å²) in [6.07, 6.45) is 5.75. The highest BCUT2D eigenvalue weighted by molar-refractivity contribution is 7.21. The van der Waals surface area contributed by atoms with E-state index in [0.29, 0.717) is 23.0 Å². The molecule has 8 nitrogen and oxygen atoms in total. The second-order valence-corrected chi connectivity index (χ2v) is 12.6. The third-order valence-corrected chi connectivity index (χ3v) is 9.56. The molecule has 0 radical (unpaired) electrons. The number of benzene rings is 3. The van der Waals surface area contributed by atoms with Crippen LogP contribution in [-0.4, -0.2) is 27.5 Å². The third-order valence-electron chi connectivity index (χ3n) is 8.24. The Hall–Kier alpha value is -5.43. The molecule has 1 atom stereocenters. The molecule has 0 N–H and O–H groups in total. The predicted molar refractivity (Wildman–Crippen MR) is 180 cm³/mol. The number of ether oxygens (including phenoxy) is 2. The average molecular weight is 657 g/mol. The first kappa shape index (κ1) is 30.2. The molecule has 0 saturated heterocycles. The van der Waals surface area contributed by atoms with E-state index in [1.165, 1.54) is 17.8 Å². The largest absolute Gasteiger partial charge is 0.472 e. The molecule has 6 aromatic rings. The standard InChI is InChI=1S/C37H25ClN4O4S/c1-21-26(4-2-5-27(21)37-41-32-10-8-22(18-43)13-34(32)47-37)28-6-3-7-30-29(28)9-11-33(30)46-36-31(38)14-25(19-44)35(42-36)45-20-24-12-23(15-39)16-40-17-24/h2-8,10,12-14,16-19,33H,9,11,20H2,1H3. The van der Waals surface area contributed by atoms with Gasteiger partial charge in [0.2, 0.25) is 11.8 Å². The number of carbonyl (C=O) groups excluding carboxylic acids is 2. The molecule has 10 heteroatoms. The summed E-state index contributed by atoms with van der Waals surface area (Å²) in [5.74, 6) is 0.254. The summed E-state index contributed by atoms with van der Waals surface area (Å²) in [7, 11) is 0. The molecule has 3 heterocycles. The Morgan fingerprint density at radius 2 is 1.81 bits per heavy atom. The number of nitrogens with zero attached hydrogens (tertiary/aromatic N) is 4. The summed E-state index contributed by atoms with van der Waals surface area (Å²) in [5.41, 5.74) is 9.41. The molecule has 1 aliphatic rings. The highest BCUT2D eigenvalue weighted by atomic mass is 35.5. The number of rotatable bonds is 9. The van der Waals surface area contributed by atoms with E-state index in [0.717, 1.165) is 62.2 Å². The Morgan fingerprint density at radius 3 is 2.64 bits per heavy atom. The molecule has 0 aliphatic heterocycles. The molecule has 0 amide bonds. The minimum absolute atomic E-state index is 0.0578. The lowest BCUT2D eigenvalue weighted by Gasteiger charge is -2.18. The van der Waals surface area contributed by atoms with E-state index in [2.05, 4.69) is 47.2 Å². The fourth-order valence-corrected chi connectivity index (χ4v) is 7.25. The molecule has 1 aliphatic carbocycles. The molecule has 47 heavy (non-hydrogen) atoms. The van der Waals surface area contributed by atoms with E-state index in [-0.39, 0.29) is 35.1 Å². The first-order valence-corrected chi connectivity index (χ1v) is 16.0. The smallest absolute Gasteiger partial charge is 0.236 e. The van der Waals surface area contributed by atoms with Gasteiger partial charge in [-0.05, 0) is 77.9 Å². The van der Waals surface area contributed by atoms with Gasteiger partial charge in [-0.25, -0.2) is 4.98 Å². The highest BCUT2D eigenvalue weighted by Crippen LogP contribution is 2.44. The lowest BCUT2D eigenvalue weighted by molar-refractivity contribution is 0.111. The summed E-state index contributed by atoms with van der Waals surface area (Å²) in [4.78, 5) is 36.5. The van der Waals surface area contributed by atoms with Crippen LogP contribution in [0.3, 0.4) is 0 Å². The zero-order valence-electron chi connectivity index (χ0n) is 25.1. The van der Waals surface area contributed by atoms with Gasteiger partial charge in [-0.15, -0.1) is 11.3 Å². The van der Waals surface area contributed by atoms with Crippen molar-refractivity contribution in [3.8, 4) is 39.5 Å². The number of hydrogen-bond acceptors (Lipinski definition) is 9. The molecule has 0 saturated carbocycles. The lowest BCUT2D eigenvalue weighted by Crippen LogP contribution is -2.08.